The number of aryl methyl sites for hydroxylation is 3. The summed E-state index contributed by atoms with van der Waals surface area (Å²) in [6, 6.07) is 0.175. The van der Waals surface area contributed by atoms with E-state index in [0.29, 0.717) is 0 Å². The molecule has 0 aliphatic heterocycles. The summed E-state index contributed by atoms with van der Waals surface area (Å²) in [4.78, 5) is 6.29. The van der Waals surface area contributed by atoms with Gasteiger partial charge in [-0.05, 0) is 33.2 Å². The topological polar surface area (TPSA) is 42.7 Å². The number of fused-ring (bicyclic) bond motifs is 1. The average molecular weight is 262 g/mol. The number of nitrogens with zero attached hydrogens (tertiary/aromatic N) is 3. The zero-order valence-electron chi connectivity index (χ0n) is 11.0. The Kier molecular flexibility index (Phi) is 2.95. The summed E-state index contributed by atoms with van der Waals surface area (Å²) in [7, 11) is 3.97. The first kappa shape index (κ1) is 11.9. The van der Waals surface area contributed by atoms with Crippen molar-refractivity contribution in [2.24, 2.45) is 7.05 Å². The summed E-state index contributed by atoms with van der Waals surface area (Å²) in [5.41, 5.74) is 3.74. The molecule has 3 rings (SSSR count). The Morgan fingerprint density at radius 1 is 1.44 bits per heavy atom. The lowest BCUT2D eigenvalue weighted by atomic mass is 10.1. The van der Waals surface area contributed by atoms with Gasteiger partial charge in [0, 0.05) is 23.2 Å². The van der Waals surface area contributed by atoms with Gasteiger partial charge >= 0.3 is 0 Å². The third-order valence-electron chi connectivity index (χ3n) is 3.73. The van der Waals surface area contributed by atoms with E-state index < -0.39 is 0 Å². The highest BCUT2D eigenvalue weighted by Gasteiger charge is 2.24. The molecule has 0 aromatic carbocycles. The number of hydrogen-bond acceptors (Lipinski definition) is 4. The van der Waals surface area contributed by atoms with E-state index in [-0.39, 0.29) is 6.04 Å². The van der Waals surface area contributed by atoms with Crippen LogP contribution in [0.1, 0.15) is 39.3 Å². The van der Waals surface area contributed by atoms with Crippen LogP contribution in [0.2, 0.25) is 0 Å². The minimum atomic E-state index is 0.175. The highest BCUT2D eigenvalue weighted by atomic mass is 32.1. The molecule has 18 heavy (non-hydrogen) atoms. The van der Waals surface area contributed by atoms with Gasteiger partial charge in [0.05, 0.1) is 17.9 Å². The van der Waals surface area contributed by atoms with Gasteiger partial charge in [0.25, 0.3) is 0 Å². The van der Waals surface area contributed by atoms with E-state index in [1.54, 1.807) is 0 Å². The van der Waals surface area contributed by atoms with E-state index in [9.17, 15) is 0 Å². The van der Waals surface area contributed by atoms with Gasteiger partial charge in [-0.1, -0.05) is 0 Å². The van der Waals surface area contributed by atoms with Crippen LogP contribution in [0.15, 0.2) is 6.20 Å². The Labute approximate surface area is 111 Å². The highest BCUT2D eigenvalue weighted by Crippen LogP contribution is 2.33. The lowest BCUT2D eigenvalue weighted by molar-refractivity contribution is 0.672. The third kappa shape index (κ3) is 1.78. The maximum atomic E-state index is 4.81. The third-order valence-corrected chi connectivity index (χ3v) is 4.95. The number of aromatic nitrogens is 3. The smallest absolute Gasteiger partial charge is 0.115 e. The van der Waals surface area contributed by atoms with Crippen LogP contribution >= 0.6 is 11.3 Å². The van der Waals surface area contributed by atoms with Crippen molar-refractivity contribution < 1.29 is 0 Å². The molecule has 1 atom stereocenters. The normalized spacial score (nSPS) is 15.9. The fraction of sp³-hybridized carbons (Fsp3) is 0.538. The summed E-state index contributed by atoms with van der Waals surface area (Å²) in [5, 5.41) is 8.88. The summed E-state index contributed by atoms with van der Waals surface area (Å²) in [6.07, 6.45) is 5.57. The van der Waals surface area contributed by atoms with Gasteiger partial charge in [0.1, 0.15) is 5.01 Å². The van der Waals surface area contributed by atoms with Crippen molar-refractivity contribution in [1.82, 2.24) is 20.1 Å². The zero-order valence-corrected chi connectivity index (χ0v) is 11.8. The predicted molar refractivity (Wildman–Crippen MR) is 73.0 cm³/mol. The molecule has 96 valence electrons. The van der Waals surface area contributed by atoms with Crippen molar-refractivity contribution in [3.63, 3.8) is 0 Å². The molecule has 0 saturated carbocycles. The Morgan fingerprint density at radius 2 is 2.28 bits per heavy atom. The van der Waals surface area contributed by atoms with Gasteiger partial charge in [-0.15, -0.1) is 11.3 Å². The zero-order chi connectivity index (χ0) is 12.7. The molecule has 4 nitrogen and oxygen atoms in total. The standard InChI is InChI=1S/C13H18N4S/c1-8-9(7-15-17(8)3)12(14-2)13-16-10-5-4-6-11(10)18-13/h7,12,14H,4-6H2,1-3H3. The van der Waals surface area contributed by atoms with E-state index in [0.717, 1.165) is 6.42 Å². The van der Waals surface area contributed by atoms with Crippen LogP contribution < -0.4 is 5.32 Å². The first-order valence-corrected chi connectivity index (χ1v) is 7.16. The van der Waals surface area contributed by atoms with Gasteiger partial charge < -0.3 is 5.32 Å². The maximum absolute atomic E-state index is 4.81. The van der Waals surface area contributed by atoms with Gasteiger partial charge in [0.2, 0.25) is 0 Å². The molecule has 5 heteroatoms. The van der Waals surface area contributed by atoms with Crippen LogP contribution in [0.4, 0.5) is 0 Å². The van der Waals surface area contributed by atoms with Gasteiger partial charge in [-0.25, -0.2) is 4.98 Å². The second kappa shape index (κ2) is 4.48. The monoisotopic (exact) mass is 262 g/mol. The van der Waals surface area contributed by atoms with Crippen LogP contribution in [0.5, 0.6) is 0 Å². The summed E-state index contributed by atoms with van der Waals surface area (Å²) >= 11 is 1.86. The van der Waals surface area contributed by atoms with Crippen LogP contribution in [0, 0.1) is 6.92 Å². The van der Waals surface area contributed by atoms with Crippen molar-refractivity contribution in [2.45, 2.75) is 32.2 Å². The van der Waals surface area contributed by atoms with Crippen molar-refractivity contribution in [3.05, 3.63) is 33.0 Å². The molecule has 0 fully saturated rings. The lowest BCUT2D eigenvalue weighted by Gasteiger charge is -2.13. The quantitative estimate of drug-likeness (QED) is 0.920. The maximum Gasteiger partial charge on any atom is 0.115 e. The predicted octanol–water partition coefficient (Wildman–Crippen LogP) is 1.98. The van der Waals surface area contributed by atoms with E-state index in [4.69, 9.17) is 4.98 Å². The lowest BCUT2D eigenvalue weighted by Crippen LogP contribution is -2.18. The molecule has 0 amide bonds. The van der Waals surface area contributed by atoms with E-state index >= 15 is 0 Å². The van der Waals surface area contributed by atoms with Crippen LogP contribution in [-0.2, 0) is 19.9 Å². The van der Waals surface area contributed by atoms with Crippen LogP contribution in [0.3, 0.4) is 0 Å². The minimum absolute atomic E-state index is 0.175. The molecule has 2 aromatic heterocycles. The summed E-state index contributed by atoms with van der Waals surface area (Å²) in [6.45, 7) is 2.11. The Morgan fingerprint density at radius 3 is 2.89 bits per heavy atom. The van der Waals surface area contributed by atoms with Crippen molar-refractivity contribution in [2.75, 3.05) is 7.05 Å². The molecule has 2 aromatic rings. The fourth-order valence-electron chi connectivity index (χ4n) is 2.54. The number of hydrogen-bond donors (Lipinski definition) is 1. The molecule has 1 unspecified atom stereocenters. The van der Waals surface area contributed by atoms with Crippen molar-refractivity contribution in [1.29, 1.82) is 0 Å². The van der Waals surface area contributed by atoms with Gasteiger partial charge in [-0.3, -0.25) is 4.68 Å². The molecule has 1 aliphatic rings. The van der Waals surface area contributed by atoms with E-state index in [1.165, 1.54) is 39.7 Å². The first-order chi connectivity index (χ1) is 8.70. The minimum Gasteiger partial charge on any atom is -0.307 e. The van der Waals surface area contributed by atoms with Crippen LogP contribution in [-0.4, -0.2) is 21.8 Å². The molecule has 0 spiro atoms. The largest absolute Gasteiger partial charge is 0.307 e. The number of thiazole rings is 1. The molecule has 2 heterocycles. The molecular formula is C13H18N4S. The molecule has 0 radical (unpaired) electrons. The summed E-state index contributed by atoms with van der Waals surface area (Å²) in [5.74, 6) is 0. The fourth-order valence-corrected chi connectivity index (χ4v) is 3.83. The SMILES string of the molecule is CNC(c1nc2c(s1)CCC2)c1cnn(C)c1C. The number of rotatable bonds is 3. The van der Waals surface area contributed by atoms with Crippen molar-refractivity contribution >= 4 is 11.3 Å². The Balaban J connectivity index is 1.99. The van der Waals surface area contributed by atoms with Crippen LogP contribution in [0.25, 0.3) is 0 Å². The second-order valence-electron chi connectivity index (χ2n) is 4.81. The average Bonchev–Trinajstić information content (AvgIpc) is 3.00. The van der Waals surface area contributed by atoms with E-state index in [1.807, 2.05) is 36.3 Å². The Bertz CT molecular complexity index is 548. The molecule has 0 bridgehead atoms. The molecular weight excluding hydrogens is 244 g/mol. The summed E-state index contributed by atoms with van der Waals surface area (Å²) < 4.78 is 1.92. The molecule has 0 saturated heterocycles. The molecule has 1 aliphatic carbocycles. The van der Waals surface area contributed by atoms with E-state index in [2.05, 4.69) is 17.3 Å². The number of nitrogens with one attached hydrogen (secondary N) is 1. The van der Waals surface area contributed by atoms with Crippen molar-refractivity contribution in [3.8, 4) is 0 Å². The van der Waals surface area contributed by atoms with Gasteiger partial charge in [-0.2, -0.15) is 5.10 Å². The second-order valence-corrected chi connectivity index (χ2v) is 5.92. The first-order valence-electron chi connectivity index (χ1n) is 6.35. The Hall–Kier alpha value is -1.20. The molecule has 1 N–H and O–H groups in total. The van der Waals surface area contributed by atoms with Gasteiger partial charge in [0.15, 0.2) is 0 Å². The highest BCUT2D eigenvalue weighted by molar-refractivity contribution is 7.11.